The lowest BCUT2D eigenvalue weighted by Gasteiger charge is -2.07. The van der Waals surface area contributed by atoms with Crippen LogP contribution in [0.2, 0.25) is 0 Å². The van der Waals surface area contributed by atoms with Crippen LogP contribution >= 0.6 is 0 Å². The van der Waals surface area contributed by atoms with Crippen molar-refractivity contribution >= 4 is 22.0 Å². The summed E-state index contributed by atoms with van der Waals surface area (Å²) in [4.78, 5) is 10.6. The quantitative estimate of drug-likeness (QED) is 0.872. The third kappa shape index (κ3) is 3.66. The number of benzene rings is 2. The summed E-state index contributed by atoms with van der Waals surface area (Å²) in [5, 5.41) is 0. The molecule has 0 aromatic heterocycles. The third-order valence-corrected chi connectivity index (χ3v) is 3.15. The van der Waals surface area contributed by atoms with Crippen LogP contribution in [0.5, 0.6) is 0 Å². The van der Waals surface area contributed by atoms with Gasteiger partial charge in [-0.3, -0.25) is 9.52 Å². The third-order valence-electron chi connectivity index (χ3n) is 2.55. The number of carbonyl (C=O) groups is 1. The van der Waals surface area contributed by atoms with Gasteiger partial charge in [0.25, 0.3) is 0 Å². The molecular weight excluding hydrogens is 262 g/mol. The first-order valence-corrected chi connectivity index (χ1v) is 7.50. The van der Waals surface area contributed by atoms with Crippen LogP contribution in [0, 0.1) is 0 Å². The zero-order chi connectivity index (χ0) is 13.9. The SMILES string of the molecule is CS(=O)(=O)Nc1cccc(-c2ccc(C=O)cc2)c1. The van der Waals surface area contributed by atoms with Crippen molar-refractivity contribution < 1.29 is 13.2 Å². The van der Waals surface area contributed by atoms with E-state index in [0.717, 1.165) is 23.7 Å². The van der Waals surface area contributed by atoms with Crippen LogP contribution in [0.4, 0.5) is 5.69 Å². The summed E-state index contributed by atoms with van der Waals surface area (Å²) in [6.07, 6.45) is 1.89. The number of nitrogens with one attached hydrogen (secondary N) is 1. The number of anilines is 1. The Morgan fingerprint density at radius 3 is 2.26 bits per heavy atom. The Bertz CT molecular complexity index is 691. The van der Waals surface area contributed by atoms with E-state index in [-0.39, 0.29) is 0 Å². The van der Waals surface area contributed by atoms with E-state index in [0.29, 0.717) is 11.3 Å². The van der Waals surface area contributed by atoms with Crippen LogP contribution in [-0.2, 0) is 10.0 Å². The molecule has 0 aliphatic rings. The maximum atomic E-state index is 11.2. The maximum absolute atomic E-state index is 11.2. The highest BCUT2D eigenvalue weighted by molar-refractivity contribution is 7.92. The zero-order valence-electron chi connectivity index (χ0n) is 10.3. The van der Waals surface area contributed by atoms with E-state index >= 15 is 0 Å². The summed E-state index contributed by atoms with van der Waals surface area (Å²) in [6, 6.07) is 14.2. The standard InChI is InChI=1S/C14H13NO3S/c1-19(17,18)15-14-4-2-3-13(9-14)12-7-5-11(10-16)6-8-12/h2-10,15H,1H3. The van der Waals surface area contributed by atoms with Crippen LogP contribution in [0.15, 0.2) is 48.5 Å². The second kappa shape index (κ2) is 5.24. The van der Waals surface area contributed by atoms with Gasteiger partial charge in [-0.1, -0.05) is 36.4 Å². The van der Waals surface area contributed by atoms with Gasteiger partial charge in [-0.05, 0) is 23.3 Å². The molecule has 0 fully saturated rings. The molecule has 1 N–H and O–H groups in total. The second-order valence-corrected chi connectivity index (χ2v) is 5.94. The summed E-state index contributed by atoms with van der Waals surface area (Å²) in [6.45, 7) is 0. The van der Waals surface area contributed by atoms with Gasteiger partial charge < -0.3 is 0 Å². The average molecular weight is 275 g/mol. The van der Waals surface area contributed by atoms with Gasteiger partial charge in [0, 0.05) is 11.3 Å². The molecule has 4 nitrogen and oxygen atoms in total. The Morgan fingerprint density at radius 2 is 1.68 bits per heavy atom. The predicted molar refractivity (Wildman–Crippen MR) is 75.7 cm³/mol. The Balaban J connectivity index is 2.34. The fourth-order valence-electron chi connectivity index (χ4n) is 1.73. The molecule has 0 saturated carbocycles. The predicted octanol–water partition coefficient (Wildman–Crippen LogP) is 2.54. The van der Waals surface area contributed by atoms with Crippen LogP contribution in [0.25, 0.3) is 11.1 Å². The molecule has 2 aromatic carbocycles. The van der Waals surface area contributed by atoms with E-state index in [1.54, 1.807) is 30.3 Å². The first kappa shape index (κ1) is 13.3. The summed E-state index contributed by atoms with van der Waals surface area (Å²) in [7, 11) is -3.28. The number of hydrogen-bond acceptors (Lipinski definition) is 3. The van der Waals surface area contributed by atoms with Crippen LogP contribution < -0.4 is 4.72 Å². The lowest BCUT2D eigenvalue weighted by atomic mass is 10.0. The molecule has 0 heterocycles. The van der Waals surface area contributed by atoms with Gasteiger partial charge in [-0.2, -0.15) is 0 Å². The fourth-order valence-corrected chi connectivity index (χ4v) is 2.29. The fraction of sp³-hybridized carbons (Fsp3) is 0.0714. The maximum Gasteiger partial charge on any atom is 0.229 e. The highest BCUT2D eigenvalue weighted by atomic mass is 32.2. The Morgan fingerprint density at radius 1 is 1.00 bits per heavy atom. The van der Waals surface area contributed by atoms with Gasteiger partial charge in [0.05, 0.1) is 6.26 Å². The molecule has 5 heteroatoms. The summed E-state index contributed by atoms with van der Waals surface area (Å²) in [5.74, 6) is 0. The Hall–Kier alpha value is -2.14. The summed E-state index contributed by atoms with van der Waals surface area (Å²) in [5.41, 5.74) is 2.92. The van der Waals surface area contributed by atoms with E-state index in [1.807, 2.05) is 18.2 Å². The number of rotatable bonds is 4. The smallest absolute Gasteiger partial charge is 0.229 e. The molecule has 0 aliphatic carbocycles. The van der Waals surface area contributed by atoms with Crippen molar-refractivity contribution in [2.45, 2.75) is 0 Å². The van der Waals surface area contributed by atoms with Gasteiger partial charge in [0.1, 0.15) is 6.29 Å². The van der Waals surface area contributed by atoms with Crippen molar-refractivity contribution in [3.63, 3.8) is 0 Å². The topological polar surface area (TPSA) is 63.2 Å². The minimum Gasteiger partial charge on any atom is -0.298 e. The summed E-state index contributed by atoms with van der Waals surface area (Å²) >= 11 is 0. The van der Waals surface area contributed by atoms with Crippen molar-refractivity contribution in [2.24, 2.45) is 0 Å². The molecule has 98 valence electrons. The molecule has 0 atom stereocenters. The Labute approximate surface area is 112 Å². The van der Waals surface area contributed by atoms with Crippen molar-refractivity contribution in [3.05, 3.63) is 54.1 Å². The van der Waals surface area contributed by atoms with E-state index in [2.05, 4.69) is 4.72 Å². The van der Waals surface area contributed by atoms with Gasteiger partial charge in [0.15, 0.2) is 0 Å². The lowest BCUT2D eigenvalue weighted by molar-refractivity contribution is 0.112. The average Bonchev–Trinajstić information content (AvgIpc) is 2.37. The van der Waals surface area contributed by atoms with E-state index in [9.17, 15) is 13.2 Å². The van der Waals surface area contributed by atoms with Crippen LogP contribution in [0.3, 0.4) is 0 Å². The van der Waals surface area contributed by atoms with E-state index in [4.69, 9.17) is 0 Å². The molecule has 0 spiro atoms. The normalized spacial score (nSPS) is 11.0. The van der Waals surface area contributed by atoms with E-state index < -0.39 is 10.0 Å². The van der Waals surface area contributed by atoms with Gasteiger partial charge in [-0.25, -0.2) is 8.42 Å². The molecule has 2 aromatic rings. The van der Waals surface area contributed by atoms with Gasteiger partial charge >= 0.3 is 0 Å². The van der Waals surface area contributed by atoms with Crippen molar-refractivity contribution in [1.82, 2.24) is 0 Å². The molecule has 0 bridgehead atoms. The van der Waals surface area contributed by atoms with Crippen molar-refractivity contribution in [3.8, 4) is 11.1 Å². The minimum absolute atomic E-state index is 0.513. The zero-order valence-corrected chi connectivity index (χ0v) is 11.1. The van der Waals surface area contributed by atoms with Crippen LogP contribution in [0.1, 0.15) is 10.4 Å². The highest BCUT2D eigenvalue weighted by Gasteiger charge is 2.03. The first-order chi connectivity index (χ1) is 8.98. The molecule has 19 heavy (non-hydrogen) atoms. The molecule has 0 radical (unpaired) electrons. The van der Waals surface area contributed by atoms with Crippen molar-refractivity contribution in [1.29, 1.82) is 0 Å². The Kier molecular flexibility index (Phi) is 3.66. The largest absolute Gasteiger partial charge is 0.298 e. The minimum atomic E-state index is -3.28. The number of aldehydes is 1. The number of carbonyl (C=O) groups excluding carboxylic acids is 1. The monoisotopic (exact) mass is 275 g/mol. The van der Waals surface area contributed by atoms with Crippen LogP contribution in [-0.4, -0.2) is 21.0 Å². The highest BCUT2D eigenvalue weighted by Crippen LogP contribution is 2.23. The van der Waals surface area contributed by atoms with Crippen molar-refractivity contribution in [2.75, 3.05) is 11.0 Å². The molecule has 2 rings (SSSR count). The lowest BCUT2D eigenvalue weighted by Crippen LogP contribution is -2.09. The summed E-state index contributed by atoms with van der Waals surface area (Å²) < 4.78 is 24.8. The molecule has 0 aliphatic heterocycles. The van der Waals surface area contributed by atoms with Gasteiger partial charge in [0.2, 0.25) is 10.0 Å². The number of sulfonamides is 1. The van der Waals surface area contributed by atoms with Gasteiger partial charge in [-0.15, -0.1) is 0 Å². The molecule has 0 amide bonds. The molecule has 0 unspecified atom stereocenters. The molecule has 0 saturated heterocycles. The molecular formula is C14H13NO3S. The number of hydrogen-bond donors (Lipinski definition) is 1. The first-order valence-electron chi connectivity index (χ1n) is 5.61. The second-order valence-electron chi connectivity index (χ2n) is 4.19. The van der Waals surface area contributed by atoms with E-state index in [1.165, 1.54) is 0 Å².